The normalized spacial score (nSPS) is 31.5. The van der Waals surface area contributed by atoms with Crippen LogP contribution in [0.2, 0.25) is 0 Å². The lowest BCUT2D eigenvalue weighted by Crippen LogP contribution is -2.56. The summed E-state index contributed by atoms with van der Waals surface area (Å²) in [6, 6.07) is 0.905. The Morgan fingerprint density at radius 3 is 2.47 bits per heavy atom. The van der Waals surface area contributed by atoms with Gasteiger partial charge in [0.1, 0.15) is 0 Å². The molecule has 2 aliphatic heterocycles. The van der Waals surface area contributed by atoms with E-state index < -0.39 is 0 Å². The molecule has 17 heavy (non-hydrogen) atoms. The van der Waals surface area contributed by atoms with E-state index in [1.807, 2.05) is 11.8 Å². The molecular formula is C12H21N3OS. The summed E-state index contributed by atoms with van der Waals surface area (Å²) in [6.45, 7) is 4.02. The van der Waals surface area contributed by atoms with Gasteiger partial charge in [0.15, 0.2) is 0 Å². The summed E-state index contributed by atoms with van der Waals surface area (Å²) in [5.41, 5.74) is 0. The molecule has 3 rings (SSSR count). The van der Waals surface area contributed by atoms with Gasteiger partial charge in [-0.3, -0.25) is 15.0 Å². The molecule has 5 heteroatoms. The predicted molar refractivity (Wildman–Crippen MR) is 70.0 cm³/mol. The van der Waals surface area contributed by atoms with Crippen LogP contribution >= 0.6 is 11.8 Å². The minimum Gasteiger partial charge on any atom is -0.339 e. The second-order valence-corrected chi connectivity index (χ2v) is 6.25. The molecule has 2 heterocycles. The predicted octanol–water partition coefficient (Wildman–Crippen LogP) is 0.346. The Balaban J connectivity index is 1.48. The first-order valence-corrected chi connectivity index (χ1v) is 7.84. The molecule has 4 nitrogen and oxygen atoms in total. The minimum absolute atomic E-state index is 0.0789. The van der Waals surface area contributed by atoms with Crippen molar-refractivity contribution in [2.75, 3.05) is 37.8 Å². The third-order valence-electron chi connectivity index (χ3n) is 4.23. The van der Waals surface area contributed by atoms with Gasteiger partial charge in [0.25, 0.3) is 0 Å². The molecule has 0 aromatic rings. The molecule has 0 radical (unpaired) electrons. The smallest absolute Gasteiger partial charge is 0.240 e. The first kappa shape index (κ1) is 11.8. The number of carbonyl (C=O) groups excluding carboxylic acids is 1. The molecular weight excluding hydrogens is 234 g/mol. The van der Waals surface area contributed by atoms with Gasteiger partial charge in [0.05, 0.1) is 6.04 Å². The third kappa shape index (κ3) is 2.46. The van der Waals surface area contributed by atoms with Crippen molar-refractivity contribution in [2.24, 2.45) is 0 Å². The van der Waals surface area contributed by atoms with Crippen LogP contribution < -0.4 is 5.32 Å². The highest BCUT2D eigenvalue weighted by Gasteiger charge is 2.32. The molecule has 0 spiro atoms. The van der Waals surface area contributed by atoms with Crippen LogP contribution in [-0.4, -0.2) is 65.6 Å². The molecule has 1 unspecified atom stereocenters. The molecule has 2 saturated heterocycles. The Labute approximate surface area is 107 Å². The van der Waals surface area contributed by atoms with E-state index in [0.717, 1.165) is 43.9 Å². The third-order valence-corrected chi connectivity index (χ3v) is 5.17. The van der Waals surface area contributed by atoms with E-state index in [4.69, 9.17) is 0 Å². The topological polar surface area (TPSA) is 35.6 Å². The summed E-state index contributed by atoms with van der Waals surface area (Å²) >= 11 is 1.82. The van der Waals surface area contributed by atoms with E-state index in [-0.39, 0.29) is 6.04 Å². The summed E-state index contributed by atoms with van der Waals surface area (Å²) < 4.78 is 0. The van der Waals surface area contributed by atoms with Gasteiger partial charge in [0, 0.05) is 43.9 Å². The minimum atomic E-state index is 0.0789. The standard InChI is InChI=1S/C12H21N3OS/c16-12(11-8-17-9-13-11)15-6-4-14(5-7-15)10-2-1-3-10/h10-11,13H,1-9H2. The van der Waals surface area contributed by atoms with Crippen molar-refractivity contribution in [3.05, 3.63) is 0 Å². The molecule has 1 atom stereocenters. The van der Waals surface area contributed by atoms with Gasteiger partial charge >= 0.3 is 0 Å². The molecule has 96 valence electrons. The number of rotatable bonds is 2. The number of hydrogen-bond donors (Lipinski definition) is 1. The summed E-state index contributed by atoms with van der Waals surface area (Å²) in [5.74, 6) is 2.20. The van der Waals surface area contributed by atoms with Crippen molar-refractivity contribution in [1.29, 1.82) is 0 Å². The van der Waals surface area contributed by atoms with Gasteiger partial charge in [-0.15, -0.1) is 11.8 Å². The fourth-order valence-electron chi connectivity index (χ4n) is 2.83. The van der Waals surface area contributed by atoms with E-state index in [0.29, 0.717) is 5.91 Å². The molecule has 0 bridgehead atoms. The summed E-state index contributed by atoms with van der Waals surface area (Å²) in [5, 5.41) is 3.27. The van der Waals surface area contributed by atoms with Crippen LogP contribution in [0.5, 0.6) is 0 Å². The number of nitrogens with zero attached hydrogens (tertiary/aromatic N) is 2. The number of hydrogen-bond acceptors (Lipinski definition) is 4. The molecule has 0 aromatic heterocycles. The van der Waals surface area contributed by atoms with Crippen molar-refractivity contribution in [2.45, 2.75) is 31.3 Å². The summed E-state index contributed by atoms with van der Waals surface area (Å²) in [7, 11) is 0. The van der Waals surface area contributed by atoms with Crippen molar-refractivity contribution in [3.8, 4) is 0 Å². The number of piperazine rings is 1. The zero-order valence-corrected chi connectivity index (χ0v) is 11.0. The van der Waals surface area contributed by atoms with Crippen LogP contribution in [0, 0.1) is 0 Å². The lowest BCUT2D eigenvalue weighted by molar-refractivity contribution is -0.135. The maximum Gasteiger partial charge on any atom is 0.240 e. The number of carbonyl (C=O) groups is 1. The van der Waals surface area contributed by atoms with Crippen LogP contribution in [0.3, 0.4) is 0 Å². The second kappa shape index (κ2) is 5.16. The largest absolute Gasteiger partial charge is 0.339 e. The van der Waals surface area contributed by atoms with Crippen LogP contribution in [0.15, 0.2) is 0 Å². The lowest BCUT2D eigenvalue weighted by atomic mass is 9.91. The number of amides is 1. The van der Waals surface area contributed by atoms with Gasteiger partial charge in [0.2, 0.25) is 5.91 Å². The van der Waals surface area contributed by atoms with E-state index in [1.165, 1.54) is 19.3 Å². The SMILES string of the molecule is O=C(C1CSCN1)N1CCN(C2CCC2)CC1. The molecule has 3 fully saturated rings. The quantitative estimate of drug-likeness (QED) is 0.772. The number of thioether (sulfide) groups is 1. The van der Waals surface area contributed by atoms with E-state index >= 15 is 0 Å². The average Bonchev–Trinajstić information content (AvgIpc) is 2.80. The highest BCUT2D eigenvalue weighted by atomic mass is 32.2. The first-order chi connectivity index (χ1) is 8.34. The molecule has 1 amide bonds. The molecule has 1 N–H and O–H groups in total. The van der Waals surface area contributed by atoms with E-state index in [9.17, 15) is 4.79 Å². The second-order valence-electron chi connectivity index (χ2n) is 5.22. The summed E-state index contributed by atoms with van der Waals surface area (Å²) in [4.78, 5) is 16.8. The maximum atomic E-state index is 12.2. The van der Waals surface area contributed by atoms with Crippen molar-refractivity contribution >= 4 is 17.7 Å². The fourth-order valence-corrected chi connectivity index (χ4v) is 3.77. The van der Waals surface area contributed by atoms with Crippen LogP contribution in [-0.2, 0) is 4.79 Å². The Hall–Kier alpha value is -0.260. The Morgan fingerprint density at radius 2 is 1.94 bits per heavy atom. The fraction of sp³-hybridized carbons (Fsp3) is 0.917. The molecule has 1 saturated carbocycles. The van der Waals surface area contributed by atoms with Gasteiger partial charge in [-0.2, -0.15) is 0 Å². The molecule has 0 aromatic carbocycles. The molecule has 1 aliphatic carbocycles. The monoisotopic (exact) mass is 255 g/mol. The van der Waals surface area contributed by atoms with Gasteiger partial charge in [-0.25, -0.2) is 0 Å². The zero-order chi connectivity index (χ0) is 11.7. The Kier molecular flexibility index (Phi) is 3.59. The van der Waals surface area contributed by atoms with Crippen LogP contribution in [0.25, 0.3) is 0 Å². The maximum absolute atomic E-state index is 12.2. The zero-order valence-electron chi connectivity index (χ0n) is 10.2. The summed E-state index contributed by atoms with van der Waals surface area (Å²) in [6.07, 6.45) is 4.14. The van der Waals surface area contributed by atoms with Crippen molar-refractivity contribution < 1.29 is 4.79 Å². The Morgan fingerprint density at radius 1 is 1.18 bits per heavy atom. The highest BCUT2D eigenvalue weighted by molar-refractivity contribution is 7.99. The molecule has 3 aliphatic rings. The van der Waals surface area contributed by atoms with Gasteiger partial charge in [-0.05, 0) is 12.8 Å². The number of nitrogens with one attached hydrogen (secondary N) is 1. The van der Waals surface area contributed by atoms with Gasteiger partial charge in [-0.1, -0.05) is 6.42 Å². The van der Waals surface area contributed by atoms with Crippen LogP contribution in [0.4, 0.5) is 0 Å². The Bertz CT molecular complexity index is 281. The van der Waals surface area contributed by atoms with Gasteiger partial charge < -0.3 is 4.90 Å². The highest BCUT2D eigenvalue weighted by Crippen LogP contribution is 2.25. The van der Waals surface area contributed by atoms with E-state index in [2.05, 4.69) is 15.1 Å². The van der Waals surface area contributed by atoms with Crippen LogP contribution in [0.1, 0.15) is 19.3 Å². The van der Waals surface area contributed by atoms with Crippen molar-refractivity contribution in [1.82, 2.24) is 15.1 Å². The first-order valence-electron chi connectivity index (χ1n) is 6.68. The average molecular weight is 255 g/mol. The van der Waals surface area contributed by atoms with Crippen molar-refractivity contribution in [3.63, 3.8) is 0 Å². The van der Waals surface area contributed by atoms with E-state index in [1.54, 1.807) is 0 Å². The lowest BCUT2D eigenvalue weighted by Gasteiger charge is -2.43.